The number of halogens is 2. The Bertz CT molecular complexity index is 624. The molecule has 20 heavy (non-hydrogen) atoms. The van der Waals surface area contributed by atoms with Crippen molar-refractivity contribution in [2.45, 2.75) is 25.3 Å². The summed E-state index contributed by atoms with van der Waals surface area (Å²) in [5.74, 6) is -3.26. The molecule has 0 aliphatic carbocycles. The number of carbonyl (C=O) groups is 1. The highest BCUT2D eigenvalue weighted by molar-refractivity contribution is 5.92. The maximum Gasteiger partial charge on any atom is 0.290 e. The maximum absolute atomic E-state index is 13.6. The molecular formula is C12H11F2N3O3. The van der Waals surface area contributed by atoms with Gasteiger partial charge in [0, 0.05) is 6.42 Å². The summed E-state index contributed by atoms with van der Waals surface area (Å²) < 4.78 is 37.1. The van der Waals surface area contributed by atoms with Gasteiger partial charge in [-0.3, -0.25) is 4.79 Å². The van der Waals surface area contributed by atoms with Crippen LogP contribution in [0.2, 0.25) is 0 Å². The maximum atomic E-state index is 13.6. The van der Waals surface area contributed by atoms with Gasteiger partial charge in [-0.15, -0.1) is 0 Å². The number of nitrogens with zero attached hydrogens (tertiary/aromatic N) is 3. The highest BCUT2D eigenvalue weighted by Crippen LogP contribution is 2.41. The van der Waals surface area contributed by atoms with E-state index in [2.05, 4.69) is 10.1 Å². The van der Waals surface area contributed by atoms with Crippen molar-refractivity contribution >= 4 is 5.91 Å². The predicted octanol–water partition coefficient (Wildman–Crippen LogP) is 2.19. The van der Waals surface area contributed by atoms with E-state index in [1.807, 2.05) is 0 Å². The van der Waals surface area contributed by atoms with E-state index in [1.165, 1.54) is 18.4 Å². The van der Waals surface area contributed by atoms with Crippen LogP contribution < -0.4 is 0 Å². The zero-order valence-electron chi connectivity index (χ0n) is 10.5. The van der Waals surface area contributed by atoms with E-state index < -0.39 is 30.8 Å². The van der Waals surface area contributed by atoms with Gasteiger partial charge in [-0.2, -0.15) is 4.98 Å². The summed E-state index contributed by atoms with van der Waals surface area (Å²) >= 11 is 0. The van der Waals surface area contributed by atoms with Crippen LogP contribution in [0.3, 0.4) is 0 Å². The van der Waals surface area contributed by atoms with Crippen molar-refractivity contribution < 1.29 is 22.5 Å². The van der Waals surface area contributed by atoms with Crippen LogP contribution in [0.1, 0.15) is 34.7 Å². The van der Waals surface area contributed by atoms with Crippen LogP contribution in [0.25, 0.3) is 0 Å². The van der Waals surface area contributed by atoms with Gasteiger partial charge in [0.2, 0.25) is 5.89 Å². The molecule has 0 spiro atoms. The van der Waals surface area contributed by atoms with Crippen molar-refractivity contribution in [1.82, 2.24) is 15.0 Å². The third kappa shape index (κ3) is 2.17. The molecule has 1 fully saturated rings. The molecule has 106 valence electrons. The number of amides is 1. The Morgan fingerprint density at radius 3 is 2.95 bits per heavy atom. The van der Waals surface area contributed by atoms with Crippen LogP contribution in [-0.4, -0.2) is 33.4 Å². The quantitative estimate of drug-likeness (QED) is 0.844. The van der Waals surface area contributed by atoms with Gasteiger partial charge in [-0.25, -0.2) is 8.78 Å². The molecule has 2 aromatic rings. The Balaban J connectivity index is 1.93. The standard InChI is InChI=1S/C12H11F2N3O3/c1-7-15-10(20-16-7)8-5-12(13,14)6-17(8)11(18)9-3-2-4-19-9/h2-4,8H,5-6H2,1H3/t8-/m0/s1. The number of hydrogen-bond acceptors (Lipinski definition) is 5. The molecule has 1 amide bonds. The van der Waals surface area contributed by atoms with E-state index in [0.717, 1.165) is 4.90 Å². The van der Waals surface area contributed by atoms with E-state index in [-0.39, 0.29) is 11.7 Å². The zero-order chi connectivity index (χ0) is 14.3. The number of aromatic nitrogens is 2. The van der Waals surface area contributed by atoms with Gasteiger partial charge in [0.1, 0.15) is 6.04 Å². The molecule has 6 nitrogen and oxygen atoms in total. The fraction of sp³-hybridized carbons (Fsp3) is 0.417. The lowest BCUT2D eigenvalue weighted by Gasteiger charge is -2.19. The molecule has 1 aliphatic rings. The van der Waals surface area contributed by atoms with Crippen molar-refractivity contribution in [3.63, 3.8) is 0 Å². The van der Waals surface area contributed by atoms with Crippen LogP contribution >= 0.6 is 0 Å². The molecule has 0 aromatic carbocycles. The summed E-state index contributed by atoms with van der Waals surface area (Å²) in [6, 6.07) is 2.01. The van der Waals surface area contributed by atoms with Gasteiger partial charge in [0.15, 0.2) is 11.6 Å². The average molecular weight is 283 g/mol. The Kier molecular flexibility index (Phi) is 2.81. The summed E-state index contributed by atoms with van der Waals surface area (Å²) in [6.07, 6.45) is 0.772. The molecule has 2 aromatic heterocycles. The lowest BCUT2D eigenvalue weighted by atomic mass is 10.2. The Morgan fingerprint density at radius 2 is 2.35 bits per heavy atom. The molecule has 8 heteroatoms. The number of furan rings is 1. The van der Waals surface area contributed by atoms with Gasteiger partial charge in [0.05, 0.1) is 12.8 Å². The SMILES string of the molecule is Cc1noc([C@@H]2CC(F)(F)CN2C(=O)c2ccco2)n1. The van der Waals surface area contributed by atoms with Crippen LogP contribution in [0.5, 0.6) is 0 Å². The van der Waals surface area contributed by atoms with Crippen molar-refractivity contribution in [2.75, 3.05) is 6.54 Å². The molecule has 1 saturated heterocycles. The Labute approximate surface area is 112 Å². The first kappa shape index (κ1) is 12.8. The number of rotatable bonds is 2. The molecule has 1 atom stereocenters. The van der Waals surface area contributed by atoms with Gasteiger partial charge in [-0.05, 0) is 19.1 Å². The molecule has 0 radical (unpaired) electrons. The predicted molar refractivity (Wildman–Crippen MR) is 61.1 cm³/mol. The molecule has 0 N–H and O–H groups in total. The number of hydrogen-bond donors (Lipinski definition) is 0. The molecule has 0 bridgehead atoms. The molecule has 1 aliphatic heterocycles. The molecular weight excluding hydrogens is 272 g/mol. The van der Waals surface area contributed by atoms with Gasteiger partial charge >= 0.3 is 0 Å². The molecule has 0 saturated carbocycles. The lowest BCUT2D eigenvalue weighted by molar-refractivity contribution is 0.0113. The van der Waals surface area contributed by atoms with Crippen LogP contribution in [0.4, 0.5) is 8.78 Å². The lowest BCUT2D eigenvalue weighted by Crippen LogP contribution is -2.32. The Hall–Kier alpha value is -2.25. The second-order valence-corrected chi connectivity index (χ2v) is 4.67. The monoisotopic (exact) mass is 283 g/mol. The van der Waals surface area contributed by atoms with Crippen molar-refractivity contribution in [2.24, 2.45) is 0 Å². The van der Waals surface area contributed by atoms with Crippen molar-refractivity contribution in [3.05, 3.63) is 35.9 Å². The van der Waals surface area contributed by atoms with E-state index in [4.69, 9.17) is 8.94 Å². The minimum Gasteiger partial charge on any atom is -0.459 e. The molecule has 0 unspecified atom stereocenters. The fourth-order valence-electron chi connectivity index (χ4n) is 2.24. The summed E-state index contributed by atoms with van der Waals surface area (Å²) in [7, 11) is 0. The highest BCUT2D eigenvalue weighted by atomic mass is 19.3. The second kappa shape index (κ2) is 4.39. The minimum absolute atomic E-state index is 0.00365. The average Bonchev–Trinajstić information content (AvgIpc) is 3.07. The molecule has 3 rings (SSSR count). The number of carbonyl (C=O) groups excluding carboxylic acids is 1. The number of likely N-dealkylation sites (tertiary alicyclic amines) is 1. The first-order chi connectivity index (χ1) is 9.46. The Morgan fingerprint density at radius 1 is 1.55 bits per heavy atom. The third-order valence-corrected chi connectivity index (χ3v) is 3.09. The number of alkyl halides is 2. The summed E-state index contributed by atoms with van der Waals surface area (Å²) in [4.78, 5) is 17.1. The zero-order valence-corrected chi connectivity index (χ0v) is 10.5. The van der Waals surface area contributed by atoms with Crippen LogP contribution in [0, 0.1) is 6.92 Å². The first-order valence-electron chi connectivity index (χ1n) is 5.99. The van der Waals surface area contributed by atoms with E-state index in [9.17, 15) is 13.6 Å². The smallest absolute Gasteiger partial charge is 0.290 e. The topological polar surface area (TPSA) is 72.4 Å². The van der Waals surface area contributed by atoms with E-state index >= 15 is 0 Å². The minimum atomic E-state index is -2.99. The van der Waals surface area contributed by atoms with E-state index in [1.54, 1.807) is 6.92 Å². The molecule has 3 heterocycles. The normalized spacial score (nSPS) is 21.4. The van der Waals surface area contributed by atoms with Crippen molar-refractivity contribution in [1.29, 1.82) is 0 Å². The second-order valence-electron chi connectivity index (χ2n) is 4.67. The van der Waals surface area contributed by atoms with E-state index in [0.29, 0.717) is 5.82 Å². The largest absolute Gasteiger partial charge is 0.459 e. The third-order valence-electron chi connectivity index (χ3n) is 3.09. The summed E-state index contributed by atoms with van der Waals surface area (Å²) in [6.45, 7) is 0.886. The van der Waals surface area contributed by atoms with Gasteiger partial charge < -0.3 is 13.8 Å². The van der Waals surface area contributed by atoms with Crippen molar-refractivity contribution in [3.8, 4) is 0 Å². The summed E-state index contributed by atoms with van der Waals surface area (Å²) in [5.41, 5.74) is 0. The highest BCUT2D eigenvalue weighted by Gasteiger charge is 2.50. The van der Waals surface area contributed by atoms with Gasteiger partial charge in [0.25, 0.3) is 11.8 Å². The van der Waals surface area contributed by atoms with Gasteiger partial charge in [-0.1, -0.05) is 5.16 Å². The van der Waals surface area contributed by atoms with Crippen LogP contribution in [-0.2, 0) is 0 Å². The number of aryl methyl sites for hydroxylation is 1. The summed E-state index contributed by atoms with van der Waals surface area (Å²) in [5, 5.41) is 3.57. The van der Waals surface area contributed by atoms with Crippen LogP contribution in [0.15, 0.2) is 27.3 Å². The fourth-order valence-corrected chi connectivity index (χ4v) is 2.24. The first-order valence-corrected chi connectivity index (χ1v) is 5.99.